The fraction of sp³-hybridized carbons (Fsp3) is 0.235. The predicted molar refractivity (Wildman–Crippen MR) is 88.4 cm³/mol. The van der Waals surface area contributed by atoms with Crippen LogP contribution in [0.25, 0.3) is 0 Å². The molecule has 0 heterocycles. The summed E-state index contributed by atoms with van der Waals surface area (Å²) in [6, 6.07) is 11.8. The van der Waals surface area contributed by atoms with Gasteiger partial charge in [0, 0.05) is 19.4 Å². The molecular weight excluding hydrogens is 333 g/mol. The van der Waals surface area contributed by atoms with Crippen LogP contribution in [0.15, 0.2) is 53.4 Å². The molecule has 0 aliphatic heterocycles. The summed E-state index contributed by atoms with van der Waals surface area (Å²) in [5.74, 6) is -0.453. The predicted octanol–water partition coefficient (Wildman–Crippen LogP) is 2.38. The number of hydrogen-bond donors (Lipinski definition) is 0. The van der Waals surface area contributed by atoms with Crippen molar-refractivity contribution in [3.63, 3.8) is 0 Å². The zero-order chi connectivity index (χ0) is 17.7. The highest BCUT2D eigenvalue weighted by Gasteiger charge is 2.20. The molecule has 24 heavy (non-hydrogen) atoms. The number of rotatable bonds is 6. The molecule has 0 unspecified atom stereocenters. The largest absolute Gasteiger partial charge is 0.492 e. The van der Waals surface area contributed by atoms with E-state index in [1.165, 1.54) is 35.2 Å². The summed E-state index contributed by atoms with van der Waals surface area (Å²) in [6.07, 6.45) is 1.06. The van der Waals surface area contributed by atoms with Crippen LogP contribution in [0.5, 0.6) is 5.75 Å². The van der Waals surface area contributed by atoms with E-state index in [2.05, 4.69) is 0 Å². The van der Waals surface area contributed by atoms with Gasteiger partial charge in [-0.05, 0) is 24.3 Å². The molecule has 2 rings (SSSR count). The van der Waals surface area contributed by atoms with Gasteiger partial charge in [0.25, 0.3) is 5.91 Å². The zero-order valence-corrected chi connectivity index (χ0v) is 14.2. The fourth-order valence-electron chi connectivity index (χ4n) is 2.13. The molecule has 2 aromatic carbocycles. The third-order valence-electron chi connectivity index (χ3n) is 3.36. The third-order valence-corrected chi connectivity index (χ3v) is 4.51. The fourth-order valence-corrected chi connectivity index (χ4v) is 3.01. The van der Waals surface area contributed by atoms with E-state index >= 15 is 0 Å². The first-order valence-corrected chi connectivity index (χ1v) is 9.11. The molecule has 0 atom stereocenters. The molecule has 0 aliphatic carbocycles. The summed E-state index contributed by atoms with van der Waals surface area (Å²) in [5, 5.41) is 0. The van der Waals surface area contributed by atoms with Crippen molar-refractivity contribution in [3.8, 4) is 5.75 Å². The van der Waals surface area contributed by atoms with Crippen molar-refractivity contribution >= 4 is 15.7 Å². The number of halogens is 1. The molecule has 1 amide bonds. The van der Waals surface area contributed by atoms with E-state index < -0.39 is 21.6 Å². The highest BCUT2D eigenvalue weighted by atomic mass is 32.2. The summed E-state index contributed by atoms with van der Waals surface area (Å²) in [4.78, 5) is 13.8. The highest BCUT2D eigenvalue weighted by molar-refractivity contribution is 7.90. The van der Waals surface area contributed by atoms with Crippen molar-refractivity contribution in [2.45, 2.75) is 4.90 Å². The SMILES string of the molecule is CN(CCOc1cccc(F)c1)C(=O)c1ccccc1S(C)(=O)=O. The molecule has 0 bridgehead atoms. The van der Waals surface area contributed by atoms with Crippen LogP contribution in [0.2, 0.25) is 0 Å². The number of likely N-dealkylation sites (N-methyl/N-ethyl adjacent to an activating group) is 1. The van der Waals surface area contributed by atoms with E-state index in [1.54, 1.807) is 25.2 Å². The molecular formula is C17H18FNO4S. The van der Waals surface area contributed by atoms with Crippen LogP contribution < -0.4 is 4.74 Å². The van der Waals surface area contributed by atoms with Crippen molar-refractivity contribution in [1.82, 2.24) is 4.90 Å². The van der Waals surface area contributed by atoms with Gasteiger partial charge in [0.2, 0.25) is 0 Å². The van der Waals surface area contributed by atoms with Gasteiger partial charge < -0.3 is 9.64 Å². The Morgan fingerprint density at radius 3 is 2.54 bits per heavy atom. The molecule has 0 radical (unpaired) electrons. The van der Waals surface area contributed by atoms with Crippen molar-refractivity contribution < 1.29 is 22.3 Å². The van der Waals surface area contributed by atoms with E-state index in [9.17, 15) is 17.6 Å². The summed E-state index contributed by atoms with van der Waals surface area (Å²) in [6.45, 7) is 0.389. The average molecular weight is 351 g/mol. The van der Waals surface area contributed by atoms with Gasteiger partial charge in [0.05, 0.1) is 17.0 Å². The molecule has 0 spiro atoms. The molecule has 0 saturated heterocycles. The Morgan fingerprint density at radius 2 is 1.88 bits per heavy atom. The van der Waals surface area contributed by atoms with Gasteiger partial charge in [-0.15, -0.1) is 0 Å². The number of ether oxygens (including phenoxy) is 1. The average Bonchev–Trinajstić information content (AvgIpc) is 2.53. The van der Waals surface area contributed by atoms with Gasteiger partial charge in [-0.2, -0.15) is 0 Å². The number of nitrogens with zero attached hydrogens (tertiary/aromatic N) is 1. The van der Waals surface area contributed by atoms with Crippen LogP contribution in [0.3, 0.4) is 0 Å². The lowest BCUT2D eigenvalue weighted by molar-refractivity contribution is 0.0770. The second kappa shape index (κ2) is 7.44. The monoisotopic (exact) mass is 351 g/mol. The second-order valence-electron chi connectivity index (χ2n) is 5.30. The number of carbonyl (C=O) groups is 1. The van der Waals surface area contributed by atoms with Crippen LogP contribution in [-0.2, 0) is 9.84 Å². The Balaban J connectivity index is 2.03. The molecule has 0 N–H and O–H groups in total. The topological polar surface area (TPSA) is 63.7 Å². The molecule has 0 saturated carbocycles. The lowest BCUT2D eigenvalue weighted by Crippen LogP contribution is -2.31. The molecule has 7 heteroatoms. The summed E-state index contributed by atoms with van der Waals surface area (Å²) in [7, 11) is -1.95. The van der Waals surface area contributed by atoms with Gasteiger partial charge in [0.15, 0.2) is 9.84 Å². The quantitative estimate of drug-likeness (QED) is 0.802. The summed E-state index contributed by atoms with van der Waals surface area (Å²) < 4.78 is 42.0. The van der Waals surface area contributed by atoms with Crippen LogP contribution >= 0.6 is 0 Å². The van der Waals surface area contributed by atoms with Gasteiger partial charge in [-0.3, -0.25) is 4.79 Å². The van der Waals surface area contributed by atoms with Crippen LogP contribution in [0.4, 0.5) is 4.39 Å². The number of sulfone groups is 1. The molecule has 0 aromatic heterocycles. The lowest BCUT2D eigenvalue weighted by Gasteiger charge is -2.19. The molecule has 5 nitrogen and oxygen atoms in total. The number of benzene rings is 2. The Morgan fingerprint density at radius 1 is 1.17 bits per heavy atom. The minimum atomic E-state index is -3.50. The maximum Gasteiger partial charge on any atom is 0.255 e. The van der Waals surface area contributed by atoms with Gasteiger partial charge >= 0.3 is 0 Å². The maximum atomic E-state index is 13.1. The van der Waals surface area contributed by atoms with E-state index in [0.29, 0.717) is 5.75 Å². The van der Waals surface area contributed by atoms with E-state index in [0.717, 1.165) is 6.26 Å². The number of amides is 1. The van der Waals surface area contributed by atoms with E-state index in [-0.39, 0.29) is 23.6 Å². The molecule has 0 fully saturated rings. The van der Waals surface area contributed by atoms with Crippen molar-refractivity contribution in [2.24, 2.45) is 0 Å². The first-order valence-electron chi connectivity index (χ1n) is 7.22. The van der Waals surface area contributed by atoms with E-state index in [1.807, 2.05) is 0 Å². The van der Waals surface area contributed by atoms with E-state index in [4.69, 9.17) is 4.74 Å². The molecule has 2 aromatic rings. The third kappa shape index (κ3) is 4.55. The Hall–Kier alpha value is -2.41. The Labute approximate surface area is 140 Å². The van der Waals surface area contributed by atoms with Gasteiger partial charge in [0.1, 0.15) is 18.2 Å². The zero-order valence-electron chi connectivity index (χ0n) is 13.4. The second-order valence-corrected chi connectivity index (χ2v) is 7.29. The van der Waals surface area contributed by atoms with Crippen molar-refractivity contribution in [3.05, 3.63) is 59.9 Å². The first kappa shape index (κ1) is 17.9. The van der Waals surface area contributed by atoms with Crippen LogP contribution in [0, 0.1) is 5.82 Å². The smallest absolute Gasteiger partial charge is 0.255 e. The standard InChI is InChI=1S/C17H18FNO4S/c1-19(10-11-23-14-7-5-6-13(18)12-14)17(20)15-8-3-4-9-16(15)24(2,21)22/h3-9,12H,10-11H2,1-2H3. The first-order chi connectivity index (χ1) is 11.3. The van der Waals surface area contributed by atoms with Gasteiger partial charge in [-0.25, -0.2) is 12.8 Å². The van der Waals surface area contributed by atoms with Crippen molar-refractivity contribution in [2.75, 3.05) is 26.5 Å². The minimum Gasteiger partial charge on any atom is -0.492 e. The maximum absolute atomic E-state index is 13.1. The summed E-state index contributed by atoms with van der Waals surface area (Å²) >= 11 is 0. The summed E-state index contributed by atoms with van der Waals surface area (Å²) in [5.41, 5.74) is 0.119. The lowest BCUT2D eigenvalue weighted by atomic mass is 10.2. The van der Waals surface area contributed by atoms with Gasteiger partial charge in [-0.1, -0.05) is 18.2 Å². The highest BCUT2D eigenvalue weighted by Crippen LogP contribution is 2.17. The van der Waals surface area contributed by atoms with Crippen LogP contribution in [0.1, 0.15) is 10.4 Å². The Bertz CT molecular complexity index is 836. The minimum absolute atomic E-state index is 0.00658. The normalized spacial score (nSPS) is 11.1. The number of carbonyl (C=O) groups excluding carboxylic acids is 1. The van der Waals surface area contributed by atoms with Crippen molar-refractivity contribution in [1.29, 1.82) is 0 Å². The molecule has 0 aliphatic rings. The number of hydrogen-bond acceptors (Lipinski definition) is 4. The Kier molecular flexibility index (Phi) is 5.56. The van der Waals surface area contributed by atoms with Crippen LogP contribution in [-0.4, -0.2) is 45.7 Å². The molecule has 128 valence electrons.